The molecule has 0 amide bonds. The molecule has 184 valence electrons. The third kappa shape index (κ3) is 9.12. The summed E-state index contributed by atoms with van der Waals surface area (Å²) >= 11 is 0. The fraction of sp³-hybridized carbons (Fsp3) is 0.531. The van der Waals surface area contributed by atoms with Crippen molar-refractivity contribution >= 4 is 17.0 Å². The van der Waals surface area contributed by atoms with Crippen LogP contribution in [0.2, 0.25) is 0 Å². The molecule has 0 bridgehead atoms. The molecule has 2 heteroatoms. The van der Waals surface area contributed by atoms with Crippen LogP contribution in [-0.2, 0) is 0 Å². The fourth-order valence-electron chi connectivity index (χ4n) is 4.84. The minimum Gasteiger partial charge on any atom is -0.354 e. The third-order valence-electron chi connectivity index (χ3n) is 7.00. The number of rotatable bonds is 16. The zero-order chi connectivity index (χ0) is 23.8. The zero-order valence-corrected chi connectivity index (χ0v) is 21.8. The van der Waals surface area contributed by atoms with Crippen LogP contribution in [0.5, 0.6) is 0 Å². The van der Waals surface area contributed by atoms with E-state index in [4.69, 9.17) is 0 Å². The van der Waals surface area contributed by atoms with Crippen molar-refractivity contribution in [2.24, 2.45) is 4.99 Å². The molecule has 0 radical (unpaired) electrons. The monoisotopic (exact) mass is 458 g/mol. The van der Waals surface area contributed by atoms with Gasteiger partial charge < -0.3 is 4.90 Å². The van der Waals surface area contributed by atoms with Gasteiger partial charge in [-0.1, -0.05) is 121 Å². The summed E-state index contributed by atoms with van der Waals surface area (Å²) in [5, 5.41) is 0. The second-order valence-corrected chi connectivity index (χ2v) is 9.93. The molecule has 0 N–H and O–H groups in total. The van der Waals surface area contributed by atoms with Gasteiger partial charge in [-0.25, -0.2) is 0 Å². The van der Waals surface area contributed by atoms with E-state index in [1.807, 2.05) is 0 Å². The van der Waals surface area contributed by atoms with E-state index in [0.717, 1.165) is 17.9 Å². The summed E-state index contributed by atoms with van der Waals surface area (Å²) in [5.74, 6) is 0. The Morgan fingerprint density at radius 1 is 0.706 bits per heavy atom. The molecule has 0 fully saturated rings. The Balaban J connectivity index is 1.22. The molecule has 2 nitrogen and oxygen atoms in total. The van der Waals surface area contributed by atoms with Gasteiger partial charge in [0.2, 0.25) is 0 Å². The molecule has 0 aromatic heterocycles. The van der Waals surface area contributed by atoms with Crippen LogP contribution in [0, 0.1) is 0 Å². The summed E-state index contributed by atoms with van der Waals surface area (Å²) in [6.45, 7) is 5.51. The van der Waals surface area contributed by atoms with E-state index in [1.54, 1.807) is 0 Å². The van der Waals surface area contributed by atoms with Gasteiger partial charge in [-0.2, -0.15) is 0 Å². The lowest BCUT2D eigenvalue weighted by atomic mass is 10.0. The predicted molar refractivity (Wildman–Crippen MR) is 151 cm³/mol. The Labute approximate surface area is 209 Å². The minimum atomic E-state index is 1.08. The van der Waals surface area contributed by atoms with E-state index in [1.165, 1.54) is 107 Å². The van der Waals surface area contributed by atoms with Gasteiger partial charge in [-0.3, -0.25) is 4.99 Å². The molecule has 34 heavy (non-hydrogen) atoms. The first-order valence-corrected chi connectivity index (χ1v) is 14.0. The summed E-state index contributed by atoms with van der Waals surface area (Å²) in [5.41, 5.74) is 5.89. The quantitative estimate of drug-likeness (QED) is 0.225. The largest absolute Gasteiger partial charge is 0.354 e. The molecular weight excluding hydrogens is 412 g/mol. The van der Waals surface area contributed by atoms with Crippen molar-refractivity contribution in [3.63, 3.8) is 0 Å². The normalized spacial score (nSPS) is 15.8. The summed E-state index contributed by atoms with van der Waals surface area (Å²) in [6.07, 6.45) is 33.1. The van der Waals surface area contributed by atoms with Crippen molar-refractivity contribution in [3.8, 4) is 0 Å². The Kier molecular flexibility index (Phi) is 12.0. The number of para-hydroxylation sites is 1. The van der Waals surface area contributed by atoms with Crippen LogP contribution in [0.4, 0.5) is 5.69 Å². The number of allylic oxidation sites excluding steroid dienone is 6. The molecule has 0 saturated heterocycles. The average Bonchev–Trinajstić information content (AvgIpc) is 3.18. The van der Waals surface area contributed by atoms with Crippen LogP contribution < -0.4 is 0 Å². The summed E-state index contributed by atoms with van der Waals surface area (Å²) in [4.78, 5) is 6.99. The van der Waals surface area contributed by atoms with Crippen LogP contribution in [0.25, 0.3) is 5.57 Å². The maximum atomic E-state index is 4.67. The highest BCUT2D eigenvalue weighted by molar-refractivity contribution is 6.28. The number of hydrogen-bond donors (Lipinski definition) is 0. The zero-order valence-electron chi connectivity index (χ0n) is 21.8. The Morgan fingerprint density at radius 3 is 1.88 bits per heavy atom. The first-order valence-electron chi connectivity index (χ1n) is 14.0. The molecule has 2 aliphatic heterocycles. The lowest BCUT2D eigenvalue weighted by Crippen LogP contribution is -2.13. The topological polar surface area (TPSA) is 15.6 Å². The SMILES string of the molecule is CCCCCCCCCCCCCCCCN1C=CC(=C/C=C2\C(C)=Nc3ccccc32)C=C1. The first-order chi connectivity index (χ1) is 16.8. The second kappa shape index (κ2) is 15.5. The molecule has 0 saturated carbocycles. The third-order valence-corrected chi connectivity index (χ3v) is 7.00. The molecule has 1 aromatic rings. The maximum Gasteiger partial charge on any atom is 0.0712 e. The van der Waals surface area contributed by atoms with Gasteiger partial charge in [0.15, 0.2) is 0 Å². The van der Waals surface area contributed by atoms with Gasteiger partial charge >= 0.3 is 0 Å². The van der Waals surface area contributed by atoms with Gasteiger partial charge in [-0.05, 0) is 37.1 Å². The standard InChI is InChI=1S/C32H46N2/c1-3-4-5-6-7-8-9-10-11-12-13-14-15-18-25-34-26-23-29(24-27-34)21-22-30-28(2)33-32-20-17-16-19-31(30)32/h16-17,19-24,26-27H,3-15,18,25H2,1-2H3/b30-22+. The smallest absolute Gasteiger partial charge is 0.0712 e. The molecule has 1 aromatic carbocycles. The van der Waals surface area contributed by atoms with E-state index >= 15 is 0 Å². The summed E-state index contributed by atoms with van der Waals surface area (Å²) < 4.78 is 0. The Hall–Kier alpha value is -2.35. The molecule has 2 aliphatic rings. The lowest BCUT2D eigenvalue weighted by Gasteiger charge is -2.18. The number of nitrogens with zero attached hydrogens (tertiary/aromatic N) is 2. The molecule has 0 unspecified atom stereocenters. The van der Waals surface area contributed by atoms with Crippen LogP contribution >= 0.6 is 0 Å². The summed E-state index contributed by atoms with van der Waals surface area (Å²) in [6, 6.07) is 8.38. The highest BCUT2D eigenvalue weighted by Gasteiger charge is 2.15. The number of hydrogen-bond acceptors (Lipinski definition) is 2. The highest BCUT2D eigenvalue weighted by atomic mass is 15.1. The van der Waals surface area contributed by atoms with E-state index in [-0.39, 0.29) is 0 Å². The van der Waals surface area contributed by atoms with E-state index in [9.17, 15) is 0 Å². The number of benzene rings is 1. The molecule has 2 heterocycles. The summed E-state index contributed by atoms with van der Waals surface area (Å²) in [7, 11) is 0. The Bertz CT molecular complexity index is 868. The van der Waals surface area contributed by atoms with Crippen LogP contribution in [0.1, 0.15) is 109 Å². The van der Waals surface area contributed by atoms with Crippen LogP contribution in [0.3, 0.4) is 0 Å². The predicted octanol–water partition coefficient (Wildman–Crippen LogP) is 9.93. The minimum absolute atomic E-state index is 1.08. The lowest BCUT2D eigenvalue weighted by molar-refractivity contribution is 0.461. The van der Waals surface area contributed by atoms with Crippen molar-refractivity contribution in [1.82, 2.24) is 4.90 Å². The second-order valence-electron chi connectivity index (χ2n) is 9.93. The molecule has 0 spiro atoms. The van der Waals surface area contributed by atoms with Crippen LogP contribution in [0.15, 0.2) is 71.5 Å². The van der Waals surface area contributed by atoms with Crippen molar-refractivity contribution < 1.29 is 0 Å². The van der Waals surface area contributed by atoms with E-state index in [2.05, 4.69) is 84.7 Å². The average molecular weight is 459 g/mol. The molecule has 0 atom stereocenters. The highest BCUT2D eigenvalue weighted by Crippen LogP contribution is 2.34. The maximum absolute atomic E-state index is 4.67. The molecule has 3 rings (SSSR count). The van der Waals surface area contributed by atoms with Gasteiger partial charge in [0.05, 0.1) is 5.69 Å². The fourth-order valence-corrected chi connectivity index (χ4v) is 4.84. The van der Waals surface area contributed by atoms with E-state index in [0.29, 0.717) is 0 Å². The van der Waals surface area contributed by atoms with Gasteiger partial charge in [0.1, 0.15) is 0 Å². The Morgan fingerprint density at radius 2 is 1.26 bits per heavy atom. The van der Waals surface area contributed by atoms with Gasteiger partial charge in [-0.15, -0.1) is 0 Å². The van der Waals surface area contributed by atoms with Crippen molar-refractivity contribution in [1.29, 1.82) is 0 Å². The van der Waals surface area contributed by atoms with Crippen molar-refractivity contribution in [3.05, 3.63) is 72.1 Å². The number of unbranched alkanes of at least 4 members (excludes halogenated alkanes) is 13. The van der Waals surface area contributed by atoms with Gasteiger partial charge in [0, 0.05) is 35.8 Å². The van der Waals surface area contributed by atoms with Crippen LogP contribution in [-0.4, -0.2) is 17.2 Å². The molecular formula is C32H46N2. The first kappa shape index (κ1) is 26.3. The number of fused-ring (bicyclic) bond motifs is 1. The van der Waals surface area contributed by atoms with Gasteiger partial charge in [0.25, 0.3) is 0 Å². The van der Waals surface area contributed by atoms with Crippen molar-refractivity contribution in [2.75, 3.05) is 6.54 Å². The molecule has 0 aliphatic carbocycles. The number of aliphatic imine (C=N–C) groups is 1. The van der Waals surface area contributed by atoms with E-state index < -0.39 is 0 Å². The van der Waals surface area contributed by atoms with Crippen molar-refractivity contribution in [2.45, 2.75) is 104 Å².